The molecule has 4 aliphatic heterocycles. The minimum absolute atomic E-state index is 0.0659. The van der Waals surface area contributed by atoms with Crippen molar-refractivity contribution in [2.45, 2.75) is 68.1 Å². The third-order valence-corrected chi connectivity index (χ3v) is 5.31. The van der Waals surface area contributed by atoms with Gasteiger partial charge in [-0.2, -0.15) is 0 Å². The summed E-state index contributed by atoms with van der Waals surface area (Å²) in [6, 6.07) is 0. The Labute approximate surface area is 165 Å². The van der Waals surface area contributed by atoms with Gasteiger partial charge < -0.3 is 43.4 Å². The van der Waals surface area contributed by atoms with Crippen molar-refractivity contribution < 1.29 is 43.4 Å². The Bertz CT molecular complexity index is 420. The topological polar surface area (TPSA) is 118 Å². The van der Waals surface area contributed by atoms with Crippen LogP contribution in [-0.4, -0.2) is 112 Å². The van der Waals surface area contributed by atoms with Gasteiger partial charge >= 0.3 is 0 Å². The fraction of sp³-hybridized carbons (Fsp3) is 1.00. The van der Waals surface area contributed by atoms with Gasteiger partial charge in [0.15, 0.2) is 0 Å². The second-order valence-corrected chi connectivity index (χ2v) is 8.01. The average Bonchev–Trinajstić information content (AvgIpc) is 3.55. The largest absolute Gasteiger partial charge is 0.388 e. The molecule has 0 saturated carbocycles. The lowest BCUT2D eigenvalue weighted by Crippen LogP contribution is -2.49. The zero-order valence-electron chi connectivity index (χ0n) is 16.1. The lowest BCUT2D eigenvalue weighted by atomic mass is 9.98. The molecule has 0 radical (unpaired) electrons. The number of aliphatic hydroxyl groups is 2. The molecule has 8 atom stereocenters. The zero-order valence-corrected chi connectivity index (χ0v) is 16.1. The van der Waals surface area contributed by atoms with Crippen molar-refractivity contribution in [2.24, 2.45) is 0 Å². The van der Waals surface area contributed by atoms with E-state index in [-0.39, 0.29) is 24.9 Å². The van der Waals surface area contributed by atoms with Gasteiger partial charge in [-0.15, -0.1) is 0 Å². The van der Waals surface area contributed by atoms with Crippen LogP contribution < -0.4 is 0 Å². The van der Waals surface area contributed by atoms with Gasteiger partial charge in [0.25, 0.3) is 0 Å². The van der Waals surface area contributed by atoms with Crippen molar-refractivity contribution in [1.82, 2.24) is 0 Å². The molecule has 0 aromatic rings. The van der Waals surface area contributed by atoms with Gasteiger partial charge in [0.05, 0.1) is 65.1 Å². The highest BCUT2D eigenvalue weighted by atomic mass is 16.6. The molecule has 9 heteroatoms. The van der Waals surface area contributed by atoms with Gasteiger partial charge in [-0.05, 0) is 19.3 Å². The Balaban J connectivity index is 1.27. The summed E-state index contributed by atoms with van der Waals surface area (Å²) in [5.41, 5.74) is 0. The van der Waals surface area contributed by atoms with Crippen LogP contribution in [0.5, 0.6) is 0 Å². The molecule has 9 nitrogen and oxygen atoms in total. The van der Waals surface area contributed by atoms with Crippen molar-refractivity contribution in [3.8, 4) is 0 Å². The molecule has 0 bridgehead atoms. The molecule has 162 valence electrons. The minimum Gasteiger partial charge on any atom is -0.388 e. The van der Waals surface area contributed by atoms with Crippen LogP contribution in [0.1, 0.15) is 19.3 Å². The summed E-state index contributed by atoms with van der Waals surface area (Å²) in [5, 5.41) is 21.6. The summed E-state index contributed by atoms with van der Waals surface area (Å²) in [4.78, 5) is 0. The van der Waals surface area contributed by atoms with E-state index in [9.17, 15) is 10.2 Å². The molecule has 2 N–H and O–H groups in total. The van der Waals surface area contributed by atoms with Crippen LogP contribution in [0, 0.1) is 0 Å². The Morgan fingerprint density at radius 3 is 1.79 bits per heavy atom. The Morgan fingerprint density at radius 1 is 0.714 bits per heavy atom. The molecule has 4 saturated heterocycles. The first-order valence-corrected chi connectivity index (χ1v) is 10.3. The number of ether oxygens (including phenoxy) is 7. The maximum atomic E-state index is 10.8. The maximum absolute atomic E-state index is 10.8. The van der Waals surface area contributed by atoms with Crippen LogP contribution >= 0.6 is 0 Å². The van der Waals surface area contributed by atoms with E-state index >= 15 is 0 Å². The lowest BCUT2D eigenvalue weighted by molar-refractivity contribution is -0.155. The molecule has 28 heavy (non-hydrogen) atoms. The van der Waals surface area contributed by atoms with Gasteiger partial charge in [0.1, 0.15) is 36.6 Å². The first-order chi connectivity index (χ1) is 13.7. The van der Waals surface area contributed by atoms with E-state index in [1.807, 2.05) is 0 Å². The number of epoxide rings is 4. The van der Waals surface area contributed by atoms with Gasteiger partial charge in [-0.1, -0.05) is 0 Å². The zero-order chi connectivity index (χ0) is 19.3. The highest BCUT2D eigenvalue weighted by Gasteiger charge is 2.37. The van der Waals surface area contributed by atoms with Gasteiger partial charge in [-0.25, -0.2) is 0 Å². The third-order valence-electron chi connectivity index (χ3n) is 5.31. The van der Waals surface area contributed by atoms with Crippen molar-refractivity contribution >= 4 is 0 Å². The smallest absolute Gasteiger partial charge is 0.111 e. The first-order valence-electron chi connectivity index (χ1n) is 10.3. The highest BCUT2D eigenvalue weighted by molar-refractivity contribution is 4.85. The monoisotopic (exact) mass is 404 g/mol. The predicted octanol–water partition coefficient (Wildman–Crippen LogP) is -0.739. The maximum Gasteiger partial charge on any atom is 0.111 e. The average molecular weight is 404 g/mol. The molecule has 0 aliphatic carbocycles. The van der Waals surface area contributed by atoms with Crippen LogP contribution in [0.25, 0.3) is 0 Å². The van der Waals surface area contributed by atoms with Crippen LogP contribution in [-0.2, 0) is 33.2 Å². The summed E-state index contributed by atoms with van der Waals surface area (Å²) in [7, 11) is 0. The fourth-order valence-corrected chi connectivity index (χ4v) is 3.09. The Hall–Kier alpha value is -0.360. The molecule has 0 amide bonds. The highest BCUT2D eigenvalue weighted by Crippen LogP contribution is 2.23. The van der Waals surface area contributed by atoms with E-state index in [4.69, 9.17) is 33.2 Å². The summed E-state index contributed by atoms with van der Waals surface area (Å²) < 4.78 is 38.0. The standard InChI is InChI=1S/C19H32O9/c20-18(16(27-9-14-7-25-14)3-1-2-12-5-23-12)19(21)17(28-10-15-8-26-15)11-22-4-13-6-24-13/h12-21H,1-11H2. The second kappa shape index (κ2) is 10.1. The molecular formula is C19H32O9. The summed E-state index contributed by atoms with van der Waals surface area (Å²) in [6.45, 7) is 4.31. The SMILES string of the molecule is OC(C(CCCC1CO1)OCC1CO1)C(O)C(COCC1CO1)OCC1CO1. The summed E-state index contributed by atoms with van der Waals surface area (Å²) >= 11 is 0. The van der Waals surface area contributed by atoms with Crippen molar-refractivity contribution in [2.75, 3.05) is 52.9 Å². The molecule has 0 spiro atoms. The molecule has 4 fully saturated rings. The molecule has 4 aliphatic rings. The predicted molar refractivity (Wildman–Crippen MR) is 95.1 cm³/mol. The lowest BCUT2D eigenvalue weighted by Gasteiger charge is -2.31. The Kier molecular flexibility index (Phi) is 7.54. The minimum atomic E-state index is -1.12. The number of aliphatic hydroxyl groups excluding tert-OH is 2. The van der Waals surface area contributed by atoms with E-state index in [0.717, 1.165) is 19.4 Å². The molecular weight excluding hydrogens is 372 g/mol. The van der Waals surface area contributed by atoms with Crippen LogP contribution in [0.4, 0.5) is 0 Å². The van der Waals surface area contributed by atoms with Gasteiger partial charge in [0.2, 0.25) is 0 Å². The second-order valence-electron chi connectivity index (χ2n) is 8.01. The molecule has 4 heterocycles. The van der Waals surface area contributed by atoms with E-state index in [1.54, 1.807) is 0 Å². The van der Waals surface area contributed by atoms with Crippen molar-refractivity contribution in [3.63, 3.8) is 0 Å². The normalized spacial score (nSPS) is 34.5. The van der Waals surface area contributed by atoms with Crippen LogP contribution in [0.2, 0.25) is 0 Å². The summed E-state index contributed by atoms with van der Waals surface area (Å²) in [5.74, 6) is 0. The molecule has 4 rings (SSSR count). The Morgan fingerprint density at radius 2 is 1.21 bits per heavy atom. The number of hydrogen-bond acceptors (Lipinski definition) is 9. The van der Waals surface area contributed by atoms with Crippen LogP contribution in [0.3, 0.4) is 0 Å². The van der Waals surface area contributed by atoms with Crippen molar-refractivity contribution in [1.29, 1.82) is 0 Å². The van der Waals surface area contributed by atoms with Gasteiger partial charge in [-0.3, -0.25) is 0 Å². The quantitative estimate of drug-likeness (QED) is 0.302. The van der Waals surface area contributed by atoms with E-state index < -0.39 is 24.4 Å². The van der Waals surface area contributed by atoms with Crippen molar-refractivity contribution in [3.05, 3.63) is 0 Å². The molecule has 0 aromatic heterocycles. The molecule has 0 aromatic carbocycles. The third kappa shape index (κ3) is 7.47. The van der Waals surface area contributed by atoms with E-state index in [0.29, 0.717) is 52.2 Å². The van der Waals surface area contributed by atoms with E-state index in [2.05, 4.69) is 0 Å². The van der Waals surface area contributed by atoms with Gasteiger partial charge in [0, 0.05) is 0 Å². The summed E-state index contributed by atoms with van der Waals surface area (Å²) in [6.07, 6.45) is -0.285. The number of rotatable bonds is 17. The first kappa shape index (κ1) is 20.9. The van der Waals surface area contributed by atoms with E-state index in [1.165, 1.54) is 0 Å². The molecule has 8 unspecified atom stereocenters. The van der Waals surface area contributed by atoms with Crippen LogP contribution in [0.15, 0.2) is 0 Å². The number of hydrogen-bond donors (Lipinski definition) is 2. The fourth-order valence-electron chi connectivity index (χ4n) is 3.09.